The SMILES string of the molecule is CCCOc1c(C)c2c(c3c1[C@H]1SC[C@]4(NCCc5cc(O)c(OC)cc54)C(=O)OC[C@@H]3N3C1[C@H]1c4c(cc(C)c(OC)c4OCCC)C[C@@H]([C@@H]3C#N)N1C)OCO2.CCCOc1c(C)c2c(c3c1[C@H]1SC[C@]4(NCCc5cc(OC(=O)OC(C)(C)C)c(OC)cc54)C(=O)OC[C@@H]3N3C1[C@H]1c4c(cc(C)c(OC)c4OCCC)C[C@@H]([C@@H]3C#N)N1C)OCO2. The summed E-state index contributed by atoms with van der Waals surface area (Å²) in [6.07, 6.45) is 4.74. The molecule has 4 saturated heterocycles. The molecule has 4 fully saturated rings. The van der Waals surface area contributed by atoms with Crippen molar-refractivity contribution in [2.75, 3.05) is 120 Å². The lowest BCUT2D eigenvalue weighted by atomic mass is 9.71. The summed E-state index contributed by atoms with van der Waals surface area (Å²) in [5, 5.41) is 40.0. The second-order valence-corrected chi connectivity index (χ2v) is 37.2. The summed E-state index contributed by atoms with van der Waals surface area (Å²) < 4.78 is 100. The van der Waals surface area contributed by atoms with E-state index in [0.717, 1.165) is 132 Å². The monoisotopic (exact) mass is 1720 g/mol. The lowest BCUT2D eigenvalue weighted by Crippen LogP contribution is -2.69. The smallest absolute Gasteiger partial charge is 0.504 e. The lowest BCUT2D eigenvalue weighted by Gasteiger charge is -2.62. The molecule has 6 aromatic carbocycles. The van der Waals surface area contributed by atoms with Gasteiger partial charge in [-0.3, -0.25) is 30.2 Å². The Morgan fingerprint density at radius 1 is 0.528 bits per heavy atom. The average Bonchev–Trinajstić information content (AvgIpc) is 1.66. The zero-order valence-corrected chi connectivity index (χ0v) is 74.9. The molecule has 123 heavy (non-hydrogen) atoms. The first-order valence-corrected chi connectivity index (χ1v) is 45.2. The molecule has 0 radical (unpaired) electrons. The molecule has 14 aliphatic rings. The molecule has 14 aliphatic heterocycles. The number of phenolic OH excluding ortho intramolecular Hbond substituents is 1. The highest BCUT2D eigenvalue weighted by Gasteiger charge is 2.65. The minimum absolute atomic E-state index is 0.0251. The number of methoxy groups -OCH3 is 4. The molecule has 0 amide bonds. The normalized spacial score (nSPS) is 27.2. The van der Waals surface area contributed by atoms with Crippen LogP contribution < -0.4 is 72.2 Å². The third kappa shape index (κ3) is 13.8. The standard InChI is InChI=1S/C49H60N4O11S.C44H52N4O9S/c1-11-15-58-41-26(4)42-44(62-24-61-42)36-32-22-60-46(54)49(29-20-33(56-9)34(19-27(29)13-14-51-49)63-47(55)64-48(5,6)7)23-65-45(37(36)41)39-38-35-28(18-30(52(38)8)31(21-50)53(32)39)17-25(3)40(57-10)43(35)59-16-12-2;1-8-12-53-38-23(4)39-41(57-21-56-39)33-29-19-55-43(50)44(26-17-31(51-6)30(49)16-24(26)10-11-46-44)20-58-42(34(33)38)36-35-32-25(15-27(47(35)5)28(18-45)48(29)36)14-22(3)37(52-7)40(32)54-13-9-2/h17,19-20,30-32,38-39,45,51H,11-16,18,22-24H2,1-10H3;14,16-17,27-29,35-36,42,46,49H,8-13,15,19-21H2,1-7H3/t30-,31-,32-,38+,39?,45+,49+;27-,28-,29-,35+,36?,42+,44+/m00/s1. The van der Waals surface area contributed by atoms with Gasteiger partial charge in [-0.1, -0.05) is 39.8 Å². The summed E-state index contributed by atoms with van der Waals surface area (Å²) in [6.45, 7) is 24.6. The maximum absolute atomic E-state index is 15.2. The van der Waals surface area contributed by atoms with E-state index in [1.165, 1.54) is 14.2 Å². The predicted molar refractivity (Wildman–Crippen MR) is 458 cm³/mol. The average molecular weight is 1730 g/mol. The molecule has 30 heteroatoms. The van der Waals surface area contributed by atoms with Crippen molar-refractivity contribution in [2.24, 2.45) is 0 Å². The molecule has 14 heterocycles. The molecule has 2 unspecified atom stereocenters. The number of carbonyl (C=O) groups excluding carboxylic acids is 3. The molecule has 656 valence electrons. The molecule has 3 N–H and O–H groups in total. The van der Waals surface area contributed by atoms with E-state index < -0.39 is 64.2 Å². The molecule has 0 saturated carbocycles. The van der Waals surface area contributed by atoms with Gasteiger partial charge in [-0.2, -0.15) is 10.5 Å². The third-order valence-corrected chi connectivity index (χ3v) is 29.7. The van der Waals surface area contributed by atoms with Crippen LogP contribution in [-0.4, -0.2) is 205 Å². The first-order valence-electron chi connectivity index (χ1n) is 43.1. The van der Waals surface area contributed by atoms with Gasteiger partial charge in [0.15, 0.2) is 80.1 Å². The first kappa shape index (κ1) is 85.5. The van der Waals surface area contributed by atoms with Crippen LogP contribution in [0.5, 0.6) is 80.5 Å². The van der Waals surface area contributed by atoms with E-state index in [1.54, 1.807) is 82.8 Å². The summed E-state index contributed by atoms with van der Waals surface area (Å²) in [6, 6.07) is 12.9. The van der Waals surface area contributed by atoms with Crippen molar-refractivity contribution in [2.45, 2.75) is 215 Å². The Bertz CT molecular complexity index is 5300. The second kappa shape index (κ2) is 33.7. The van der Waals surface area contributed by atoms with E-state index in [9.17, 15) is 25.2 Å². The number of esters is 2. The van der Waals surface area contributed by atoms with Crippen molar-refractivity contribution in [3.8, 4) is 92.6 Å². The fraction of sp³-hybridized carbons (Fsp3) is 0.559. The maximum atomic E-state index is 15.2. The van der Waals surface area contributed by atoms with Gasteiger partial charge in [0, 0.05) is 93.3 Å². The highest BCUT2D eigenvalue weighted by Crippen LogP contribution is 2.68. The van der Waals surface area contributed by atoms with Crippen molar-refractivity contribution in [3.63, 3.8) is 0 Å². The number of nitrogens with zero attached hydrogens (tertiary/aromatic N) is 6. The fourth-order valence-electron chi connectivity index (χ4n) is 21.7. The van der Waals surface area contributed by atoms with E-state index in [1.807, 2.05) is 20.8 Å². The van der Waals surface area contributed by atoms with Crippen LogP contribution in [0.4, 0.5) is 4.79 Å². The Morgan fingerprint density at radius 3 is 1.35 bits per heavy atom. The number of hydrogen-bond acceptors (Lipinski definition) is 30. The zero-order valence-electron chi connectivity index (χ0n) is 73.2. The summed E-state index contributed by atoms with van der Waals surface area (Å²) in [5.41, 5.74) is 11.3. The molecule has 20 rings (SSSR count). The minimum atomic E-state index is -1.35. The van der Waals surface area contributed by atoms with Crippen LogP contribution >= 0.6 is 23.5 Å². The number of piperazine rings is 2. The van der Waals surface area contributed by atoms with Crippen LogP contribution in [0.2, 0.25) is 0 Å². The molecule has 28 nitrogen and oxygen atoms in total. The third-order valence-electron chi connectivity index (χ3n) is 26.7. The van der Waals surface area contributed by atoms with Crippen molar-refractivity contribution in [1.82, 2.24) is 30.2 Å². The number of likely N-dealkylation sites (N-methyl/N-ethyl adjacent to an activating group) is 2. The van der Waals surface area contributed by atoms with E-state index in [2.05, 4.69) is 103 Å². The van der Waals surface area contributed by atoms with E-state index in [-0.39, 0.29) is 103 Å². The number of benzene rings is 6. The van der Waals surface area contributed by atoms with Crippen LogP contribution in [0.1, 0.15) is 198 Å². The fourth-order valence-corrected chi connectivity index (χ4v) is 25.1. The Morgan fingerprint density at radius 2 is 0.943 bits per heavy atom. The summed E-state index contributed by atoms with van der Waals surface area (Å²) in [5.74, 6) is 7.13. The number of aromatic hydroxyl groups is 1. The van der Waals surface area contributed by atoms with Gasteiger partial charge < -0.3 is 80.9 Å². The van der Waals surface area contributed by atoms with Crippen LogP contribution in [0.25, 0.3) is 0 Å². The van der Waals surface area contributed by atoms with E-state index >= 15 is 4.79 Å². The highest BCUT2D eigenvalue weighted by atomic mass is 32.2. The number of hydrogen-bond donors (Lipinski definition) is 3. The molecule has 0 aromatic heterocycles. The summed E-state index contributed by atoms with van der Waals surface area (Å²) in [7, 11) is 10.6. The molecular weight excluding hydrogens is 1610 g/mol. The topological polar surface area (TPSA) is 304 Å². The number of carbonyl (C=O) groups is 3. The lowest BCUT2D eigenvalue weighted by molar-refractivity contribution is -0.158. The summed E-state index contributed by atoms with van der Waals surface area (Å²) >= 11 is 3.29. The van der Waals surface area contributed by atoms with Crippen molar-refractivity contribution >= 4 is 41.6 Å². The number of aryl methyl sites for hydroxylation is 2. The van der Waals surface area contributed by atoms with Gasteiger partial charge in [0.05, 0.1) is 102 Å². The van der Waals surface area contributed by atoms with Crippen molar-refractivity contribution < 1.29 is 95.3 Å². The number of phenols is 1. The predicted octanol–water partition coefficient (Wildman–Crippen LogP) is 13.5. The quantitative estimate of drug-likeness (QED) is 0.0434. The maximum Gasteiger partial charge on any atom is 0.514 e. The minimum Gasteiger partial charge on any atom is -0.504 e. The number of fused-ring (bicyclic) bond motifs is 18. The highest BCUT2D eigenvalue weighted by molar-refractivity contribution is 7.99. The van der Waals surface area contributed by atoms with E-state index in [0.29, 0.717) is 105 Å². The Kier molecular flexibility index (Phi) is 23.4. The first-order chi connectivity index (χ1) is 59.3. The van der Waals surface area contributed by atoms with Gasteiger partial charge in [0.1, 0.15) is 42.4 Å². The van der Waals surface area contributed by atoms with Gasteiger partial charge in [0.25, 0.3) is 0 Å². The molecular formula is C93H112N8O20S2. The molecule has 8 bridgehead atoms. The number of nitrogens with one attached hydrogen (secondary N) is 2. The van der Waals surface area contributed by atoms with Crippen LogP contribution in [0.3, 0.4) is 0 Å². The number of thioether (sulfide) groups is 2. The Labute approximate surface area is 727 Å². The Balaban J connectivity index is 0.000000176. The molecule has 14 atom stereocenters. The van der Waals surface area contributed by atoms with Crippen molar-refractivity contribution in [3.05, 3.63) is 125 Å². The van der Waals surface area contributed by atoms with Crippen LogP contribution in [0, 0.1) is 50.4 Å². The molecule has 6 aromatic rings. The zero-order chi connectivity index (χ0) is 86.7. The number of nitriles is 2. The molecule has 0 aliphatic carbocycles. The van der Waals surface area contributed by atoms with Gasteiger partial charge in [-0.25, -0.2) is 14.4 Å². The van der Waals surface area contributed by atoms with Crippen molar-refractivity contribution in [1.29, 1.82) is 10.5 Å². The van der Waals surface area contributed by atoms with Gasteiger partial charge in [-0.05, 0) is 183 Å². The van der Waals surface area contributed by atoms with Gasteiger partial charge >= 0.3 is 18.1 Å². The van der Waals surface area contributed by atoms with Gasteiger partial charge in [0.2, 0.25) is 13.6 Å². The Hall–Kier alpha value is -9.63. The largest absolute Gasteiger partial charge is 0.514 e. The molecule has 2 spiro atoms. The van der Waals surface area contributed by atoms with Gasteiger partial charge in [-0.15, -0.1) is 23.5 Å². The van der Waals surface area contributed by atoms with E-state index in [4.69, 9.17) is 75.8 Å². The van der Waals surface area contributed by atoms with Crippen LogP contribution in [-0.2, 0) is 60.6 Å². The number of rotatable bonds is 17. The van der Waals surface area contributed by atoms with Crippen LogP contribution in [0.15, 0.2) is 36.4 Å². The number of ether oxygens (including phenoxy) is 16. The second-order valence-electron chi connectivity index (χ2n) is 34.9. The summed E-state index contributed by atoms with van der Waals surface area (Å²) in [4.78, 5) is 52.4.